The van der Waals surface area contributed by atoms with E-state index in [1.54, 1.807) is 16.0 Å². The first-order valence-corrected chi connectivity index (χ1v) is 9.17. The second-order valence-corrected chi connectivity index (χ2v) is 7.90. The van der Waals surface area contributed by atoms with Crippen LogP contribution in [0.25, 0.3) is 10.2 Å². The Labute approximate surface area is 140 Å². The van der Waals surface area contributed by atoms with Gasteiger partial charge in [0.25, 0.3) is 5.56 Å². The molecule has 3 aromatic heterocycles. The predicted molar refractivity (Wildman–Crippen MR) is 91.4 cm³/mol. The van der Waals surface area contributed by atoms with Crippen molar-refractivity contribution in [2.75, 3.05) is 5.84 Å². The third kappa shape index (κ3) is 2.53. The molecular formula is C14H16N6OS2. The smallest absolute Gasteiger partial charge is 0.259 e. The zero-order chi connectivity index (χ0) is 16.1. The molecule has 120 valence electrons. The highest BCUT2D eigenvalue weighted by Gasteiger charge is 2.29. The molecule has 3 aromatic rings. The Morgan fingerprint density at radius 3 is 2.91 bits per heavy atom. The number of nitrogens with two attached hydrogens (primary N) is 1. The Morgan fingerprint density at radius 2 is 2.17 bits per heavy atom. The van der Waals surface area contributed by atoms with Gasteiger partial charge in [-0.3, -0.25) is 4.79 Å². The fourth-order valence-corrected chi connectivity index (χ4v) is 4.29. The summed E-state index contributed by atoms with van der Waals surface area (Å²) in [6, 6.07) is 0. The van der Waals surface area contributed by atoms with Gasteiger partial charge in [-0.15, -0.1) is 21.5 Å². The van der Waals surface area contributed by atoms with E-state index in [0.717, 1.165) is 33.9 Å². The Morgan fingerprint density at radius 1 is 1.39 bits per heavy atom. The van der Waals surface area contributed by atoms with Gasteiger partial charge in [0.2, 0.25) is 5.16 Å². The van der Waals surface area contributed by atoms with Crippen LogP contribution in [0.2, 0.25) is 0 Å². The normalized spacial score (nSPS) is 14.7. The minimum Gasteiger partial charge on any atom is -0.336 e. The van der Waals surface area contributed by atoms with Gasteiger partial charge in [0.1, 0.15) is 10.7 Å². The van der Waals surface area contributed by atoms with Crippen molar-refractivity contribution in [3.05, 3.63) is 32.4 Å². The molecular weight excluding hydrogens is 332 g/mol. The molecule has 3 N–H and O–H groups in total. The lowest BCUT2D eigenvalue weighted by atomic mass is 10.2. The number of aryl methyl sites for hydroxylation is 2. The van der Waals surface area contributed by atoms with Crippen LogP contribution >= 0.6 is 23.1 Å². The number of fused-ring (bicyclic) bond motifs is 1. The van der Waals surface area contributed by atoms with E-state index in [9.17, 15) is 4.79 Å². The van der Waals surface area contributed by atoms with Crippen LogP contribution < -0.4 is 11.4 Å². The van der Waals surface area contributed by atoms with Crippen LogP contribution in [0.3, 0.4) is 0 Å². The maximum Gasteiger partial charge on any atom is 0.259 e. The van der Waals surface area contributed by atoms with Crippen molar-refractivity contribution in [2.24, 2.45) is 0 Å². The van der Waals surface area contributed by atoms with Gasteiger partial charge in [-0.05, 0) is 32.3 Å². The molecule has 7 nitrogen and oxygen atoms in total. The highest BCUT2D eigenvalue weighted by atomic mass is 32.2. The number of H-pyrrole nitrogens is 1. The molecule has 0 amide bonds. The van der Waals surface area contributed by atoms with E-state index in [1.807, 2.05) is 13.8 Å². The Balaban J connectivity index is 1.59. The van der Waals surface area contributed by atoms with Crippen LogP contribution in [-0.4, -0.2) is 24.8 Å². The second-order valence-electron chi connectivity index (χ2n) is 5.75. The van der Waals surface area contributed by atoms with E-state index in [2.05, 4.69) is 20.2 Å². The second kappa shape index (κ2) is 5.34. The molecule has 0 radical (unpaired) electrons. The van der Waals surface area contributed by atoms with Crippen molar-refractivity contribution in [3.8, 4) is 0 Å². The minimum atomic E-state index is -0.0830. The lowest BCUT2D eigenvalue weighted by Crippen LogP contribution is -2.14. The topological polar surface area (TPSA) is 102 Å². The quantitative estimate of drug-likeness (QED) is 0.553. The number of rotatable bonds is 4. The number of aromatic amines is 1. The fraction of sp³-hybridized carbons (Fsp3) is 0.429. The molecule has 1 fully saturated rings. The van der Waals surface area contributed by atoms with Crippen molar-refractivity contribution >= 4 is 33.3 Å². The molecule has 0 atom stereocenters. The average molecular weight is 348 g/mol. The van der Waals surface area contributed by atoms with Gasteiger partial charge < -0.3 is 10.8 Å². The standard InChI is InChI=1S/C14H16N6OS2/c1-6-7(2)23-13-10(6)12(21)16-9(17-13)5-22-14-19-18-11(20(14)15)8-3-4-8/h8H,3-5,15H2,1-2H3,(H,16,17,21). The molecule has 0 aliphatic heterocycles. The average Bonchev–Trinajstić information content (AvgIpc) is 3.22. The van der Waals surface area contributed by atoms with Crippen LogP contribution in [0.1, 0.15) is 40.8 Å². The summed E-state index contributed by atoms with van der Waals surface area (Å²) in [7, 11) is 0. The van der Waals surface area contributed by atoms with Crippen molar-refractivity contribution in [1.82, 2.24) is 24.8 Å². The van der Waals surface area contributed by atoms with Gasteiger partial charge in [0.15, 0.2) is 5.82 Å². The van der Waals surface area contributed by atoms with E-state index in [4.69, 9.17) is 5.84 Å². The third-order valence-corrected chi connectivity index (χ3v) is 6.11. The molecule has 23 heavy (non-hydrogen) atoms. The molecule has 0 bridgehead atoms. The van der Waals surface area contributed by atoms with Crippen LogP contribution in [0.4, 0.5) is 0 Å². The van der Waals surface area contributed by atoms with Crippen molar-refractivity contribution in [2.45, 2.75) is 43.5 Å². The van der Waals surface area contributed by atoms with Crippen molar-refractivity contribution < 1.29 is 0 Å². The summed E-state index contributed by atoms with van der Waals surface area (Å²) >= 11 is 2.98. The summed E-state index contributed by atoms with van der Waals surface area (Å²) in [6.45, 7) is 3.96. The Bertz CT molecular complexity index is 952. The number of thioether (sulfide) groups is 1. The minimum absolute atomic E-state index is 0.0830. The van der Waals surface area contributed by atoms with Gasteiger partial charge in [-0.1, -0.05) is 11.8 Å². The summed E-state index contributed by atoms with van der Waals surface area (Å²) in [5.74, 6) is 8.46. The fourth-order valence-electron chi connectivity index (χ4n) is 2.51. The van der Waals surface area contributed by atoms with Crippen LogP contribution in [0.5, 0.6) is 0 Å². The first-order chi connectivity index (χ1) is 11.0. The number of thiophene rings is 1. The highest BCUT2D eigenvalue weighted by molar-refractivity contribution is 7.98. The summed E-state index contributed by atoms with van der Waals surface area (Å²) in [4.78, 5) is 21.6. The molecule has 0 spiro atoms. The molecule has 1 aliphatic carbocycles. The van der Waals surface area contributed by atoms with Crippen LogP contribution in [0.15, 0.2) is 9.95 Å². The maximum atomic E-state index is 12.3. The molecule has 0 saturated heterocycles. The Hall–Kier alpha value is -1.87. The first-order valence-electron chi connectivity index (χ1n) is 7.36. The van der Waals surface area contributed by atoms with E-state index in [0.29, 0.717) is 28.0 Å². The molecule has 0 unspecified atom stereocenters. The van der Waals surface area contributed by atoms with E-state index in [1.165, 1.54) is 11.8 Å². The number of nitrogens with zero attached hydrogens (tertiary/aromatic N) is 4. The zero-order valence-corrected chi connectivity index (χ0v) is 14.4. The van der Waals surface area contributed by atoms with E-state index >= 15 is 0 Å². The number of aromatic nitrogens is 5. The molecule has 9 heteroatoms. The third-order valence-electron chi connectivity index (χ3n) is 4.06. The first kappa shape index (κ1) is 14.7. The summed E-state index contributed by atoms with van der Waals surface area (Å²) in [5.41, 5.74) is 0.925. The van der Waals surface area contributed by atoms with Crippen molar-refractivity contribution in [1.29, 1.82) is 0 Å². The monoisotopic (exact) mass is 348 g/mol. The van der Waals surface area contributed by atoms with Crippen molar-refractivity contribution in [3.63, 3.8) is 0 Å². The van der Waals surface area contributed by atoms with E-state index in [-0.39, 0.29) is 5.56 Å². The van der Waals surface area contributed by atoms with Gasteiger partial charge in [-0.2, -0.15) is 0 Å². The highest BCUT2D eigenvalue weighted by Crippen LogP contribution is 2.39. The number of nitrogens with one attached hydrogen (secondary N) is 1. The van der Waals surface area contributed by atoms with Gasteiger partial charge >= 0.3 is 0 Å². The lowest BCUT2D eigenvalue weighted by molar-refractivity contribution is 0.789. The summed E-state index contributed by atoms with van der Waals surface area (Å²) in [6.07, 6.45) is 2.26. The Kier molecular flexibility index (Phi) is 3.42. The van der Waals surface area contributed by atoms with Gasteiger partial charge in [-0.25, -0.2) is 9.66 Å². The van der Waals surface area contributed by atoms with Gasteiger partial charge in [0.05, 0.1) is 11.1 Å². The van der Waals surface area contributed by atoms with Gasteiger partial charge in [0, 0.05) is 10.8 Å². The molecule has 0 aromatic carbocycles. The number of hydrogen-bond donors (Lipinski definition) is 2. The summed E-state index contributed by atoms with van der Waals surface area (Å²) in [5, 5.41) is 9.62. The van der Waals surface area contributed by atoms with Crippen LogP contribution in [-0.2, 0) is 5.75 Å². The maximum absolute atomic E-state index is 12.3. The molecule has 1 aliphatic rings. The zero-order valence-electron chi connectivity index (χ0n) is 12.8. The largest absolute Gasteiger partial charge is 0.336 e. The van der Waals surface area contributed by atoms with Crippen LogP contribution in [0, 0.1) is 13.8 Å². The number of nitrogen functional groups attached to an aromatic ring is 1. The SMILES string of the molecule is Cc1sc2nc(CSc3nnc(C4CC4)n3N)[nH]c(=O)c2c1C. The molecule has 3 heterocycles. The molecule has 4 rings (SSSR count). The van der Waals surface area contributed by atoms with E-state index < -0.39 is 0 Å². The summed E-state index contributed by atoms with van der Waals surface area (Å²) < 4.78 is 1.55. The molecule has 1 saturated carbocycles. The number of hydrogen-bond acceptors (Lipinski definition) is 7. The lowest BCUT2D eigenvalue weighted by Gasteiger charge is -2.03. The predicted octanol–water partition coefficient (Wildman–Crippen LogP) is 2.08.